The first-order valence-electron chi connectivity index (χ1n) is 4.32. The lowest BCUT2D eigenvalue weighted by molar-refractivity contribution is -0.193. The Hall–Kier alpha value is -2.20. The summed E-state index contributed by atoms with van der Waals surface area (Å²) in [7, 11) is -2.87. The molecule has 0 fully saturated rings. The molecular formula is C6H5F9O9P+. The lowest BCUT2D eigenvalue weighted by atomic mass is 10.7. The zero-order valence-corrected chi connectivity index (χ0v) is 11.6. The normalized spacial score (nSPS) is 10.5. The van der Waals surface area contributed by atoms with Crippen LogP contribution in [0.5, 0.6) is 0 Å². The Morgan fingerprint density at radius 3 is 0.600 bits per heavy atom. The summed E-state index contributed by atoms with van der Waals surface area (Å²) in [5, 5.41) is 21.4. The van der Waals surface area contributed by atoms with Gasteiger partial charge < -0.3 is 15.3 Å². The van der Waals surface area contributed by atoms with E-state index in [2.05, 4.69) is 0 Å². The summed E-state index contributed by atoms with van der Waals surface area (Å²) in [4.78, 5) is 40.9. The van der Waals surface area contributed by atoms with Crippen LogP contribution in [0.15, 0.2) is 0 Å². The van der Waals surface area contributed by atoms with Gasteiger partial charge >= 0.3 is 44.7 Å². The monoisotopic (exact) mass is 423 g/mol. The molecule has 25 heavy (non-hydrogen) atoms. The molecule has 0 spiro atoms. The molecule has 0 atom stereocenters. The third-order valence-electron chi connectivity index (χ3n) is 0.728. The summed E-state index contributed by atoms with van der Waals surface area (Å²) in [5.74, 6) is -8.27. The highest BCUT2D eigenvalue weighted by Gasteiger charge is 2.39. The molecule has 0 aliphatic heterocycles. The van der Waals surface area contributed by atoms with Crippen LogP contribution in [-0.2, 0) is 18.9 Å². The van der Waals surface area contributed by atoms with Crippen LogP contribution >= 0.6 is 8.25 Å². The third-order valence-corrected chi connectivity index (χ3v) is 0.728. The van der Waals surface area contributed by atoms with Crippen molar-refractivity contribution < 1.29 is 83.6 Å². The van der Waals surface area contributed by atoms with Crippen LogP contribution in [0.2, 0.25) is 0 Å². The highest BCUT2D eigenvalue weighted by Crippen LogP contribution is 2.14. The average molecular weight is 423 g/mol. The Balaban J connectivity index is -0.000000120. The van der Waals surface area contributed by atoms with Crippen molar-refractivity contribution in [1.82, 2.24) is 0 Å². The first-order chi connectivity index (χ1) is 10.6. The zero-order valence-electron chi connectivity index (χ0n) is 10.7. The van der Waals surface area contributed by atoms with Gasteiger partial charge in [0.05, 0.1) is 0 Å². The summed E-state index contributed by atoms with van der Waals surface area (Å²) in [6.45, 7) is 0. The summed E-state index contributed by atoms with van der Waals surface area (Å²) in [6, 6.07) is 0. The minimum Gasteiger partial charge on any atom is -0.475 e. The van der Waals surface area contributed by atoms with Gasteiger partial charge in [-0.3, -0.25) is 0 Å². The standard InChI is InChI=1S/3C2HF3O2.HO3P/c3*3-2(4,5)1(6)7;1-4(2)3/h3*(H,6,7);(H-,1,2,3)/p+1. The molecule has 0 saturated heterocycles. The number of alkyl halides is 9. The van der Waals surface area contributed by atoms with Crippen LogP contribution in [0.3, 0.4) is 0 Å². The Labute approximate surface area is 129 Å². The maximum absolute atomic E-state index is 10.6. The van der Waals surface area contributed by atoms with Crippen molar-refractivity contribution in [3.05, 3.63) is 0 Å². The molecule has 0 aromatic heterocycles. The van der Waals surface area contributed by atoms with Crippen molar-refractivity contribution in [2.75, 3.05) is 0 Å². The number of aliphatic carboxylic acids is 3. The highest BCUT2D eigenvalue weighted by atomic mass is 31.1. The van der Waals surface area contributed by atoms with Crippen LogP contribution in [-0.4, -0.2) is 61.5 Å². The number of rotatable bonds is 0. The largest absolute Gasteiger partial charge is 0.692 e. The summed E-state index contributed by atoms with van der Waals surface area (Å²) >= 11 is 0. The molecule has 0 radical (unpaired) electrons. The number of halogens is 9. The van der Waals surface area contributed by atoms with Gasteiger partial charge in [0.1, 0.15) is 0 Å². The van der Waals surface area contributed by atoms with Gasteiger partial charge in [0.2, 0.25) is 0 Å². The lowest BCUT2D eigenvalue weighted by Gasteiger charge is -1.93. The van der Waals surface area contributed by atoms with Crippen LogP contribution in [0.25, 0.3) is 0 Å². The van der Waals surface area contributed by atoms with Gasteiger partial charge in [-0.1, -0.05) is 0 Å². The Morgan fingerprint density at radius 2 is 0.600 bits per heavy atom. The molecule has 5 N–H and O–H groups in total. The van der Waals surface area contributed by atoms with Crippen molar-refractivity contribution in [2.24, 2.45) is 0 Å². The zero-order chi connectivity index (χ0) is 21.8. The SMILES string of the molecule is O=C(O)C(F)(F)F.O=C(O)C(F)(F)F.O=C(O)C(F)(F)F.O=[P+](O)O. The second-order valence-corrected chi connectivity index (χ2v) is 3.17. The Bertz CT molecular complexity index is 391. The molecule has 0 saturated carbocycles. The fraction of sp³-hybridized carbons (Fsp3) is 0.500. The molecule has 0 heterocycles. The van der Waals surface area contributed by atoms with Crippen LogP contribution in [0.4, 0.5) is 39.5 Å². The predicted molar refractivity (Wildman–Crippen MR) is 53.1 cm³/mol. The van der Waals surface area contributed by atoms with Crippen molar-refractivity contribution in [3.8, 4) is 0 Å². The maximum Gasteiger partial charge on any atom is 0.692 e. The van der Waals surface area contributed by atoms with Gasteiger partial charge in [0.25, 0.3) is 0 Å². The van der Waals surface area contributed by atoms with E-state index < -0.39 is 44.7 Å². The third kappa shape index (κ3) is 34.2. The summed E-state index contributed by atoms with van der Waals surface area (Å²) < 4.78 is 104. The maximum atomic E-state index is 10.6. The van der Waals surface area contributed by atoms with Gasteiger partial charge in [-0.25, -0.2) is 14.4 Å². The fourth-order valence-corrected chi connectivity index (χ4v) is 0. The first kappa shape index (κ1) is 30.7. The van der Waals surface area contributed by atoms with Crippen LogP contribution in [0.1, 0.15) is 0 Å². The van der Waals surface area contributed by atoms with Gasteiger partial charge in [0.15, 0.2) is 0 Å². The topological polar surface area (TPSA) is 169 Å². The highest BCUT2D eigenvalue weighted by molar-refractivity contribution is 7.30. The molecule has 0 rings (SSSR count). The smallest absolute Gasteiger partial charge is 0.475 e. The van der Waals surface area contributed by atoms with E-state index in [-0.39, 0.29) is 0 Å². The Morgan fingerprint density at radius 1 is 0.560 bits per heavy atom. The lowest BCUT2D eigenvalue weighted by Crippen LogP contribution is -2.21. The molecule has 0 amide bonds. The molecule has 0 aliphatic carbocycles. The molecule has 19 heteroatoms. The number of carboxylic acids is 3. The second-order valence-electron chi connectivity index (χ2n) is 2.66. The van der Waals surface area contributed by atoms with E-state index >= 15 is 0 Å². The molecular weight excluding hydrogens is 418 g/mol. The molecule has 0 aromatic carbocycles. The van der Waals surface area contributed by atoms with Crippen molar-refractivity contribution >= 4 is 26.2 Å². The van der Waals surface area contributed by atoms with Gasteiger partial charge in [-0.15, -0.1) is 9.79 Å². The van der Waals surface area contributed by atoms with Gasteiger partial charge in [0, 0.05) is 4.57 Å². The second kappa shape index (κ2) is 12.2. The van der Waals surface area contributed by atoms with E-state index in [1.165, 1.54) is 0 Å². The van der Waals surface area contributed by atoms with E-state index in [9.17, 15) is 39.5 Å². The molecule has 9 nitrogen and oxygen atoms in total. The van der Waals surface area contributed by atoms with Gasteiger partial charge in [-0.05, 0) is 0 Å². The fourth-order valence-electron chi connectivity index (χ4n) is 0. The summed E-state index contributed by atoms with van der Waals surface area (Å²) in [6.07, 6.45) is -15.3. The molecule has 0 aromatic rings. The van der Waals surface area contributed by atoms with Crippen molar-refractivity contribution in [2.45, 2.75) is 18.5 Å². The molecule has 0 unspecified atom stereocenters. The predicted octanol–water partition coefficient (Wildman–Crippen LogP) is 1.53. The quantitative estimate of drug-likeness (QED) is 0.286. The average Bonchev–Trinajstić information content (AvgIpc) is 2.25. The number of hydrogen-bond donors (Lipinski definition) is 5. The van der Waals surface area contributed by atoms with E-state index in [0.29, 0.717) is 0 Å². The van der Waals surface area contributed by atoms with Crippen molar-refractivity contribution in [3.63, 3.8) is 0 Å². The molecule has 0 aliphatic rings. The van der Waals surface area contributed by atoms with E-state index in [0.717, 1.165) is 0 Å². The number of hydrogen-bond acceptors (Lipinski definition) is 4. The minimum atomic E-state index is -5.08. The van der Waals surface area contributed by atoms with E-state index in [4.69, 9.17) is 44.1 Å². The summed E-state index contributed by atoms with van der Waals surface area (Å²) in [5.41, 5.74) is 0. The van der Waals surface area contributed by atoms with Crippen molar-refractivity contribution in [1.29, 1.82) is 0 Å². The number of carbonyl (C=O) groups is 3. The van der Waals surface area contributed by atoms with E-state index in [1.807, 2.05) is 0 Å². The first-order valence-corrected chi connectivity index (χ1v) is 5.48. The minimum absolute atomic E-state index is 2.76. The van der Waals surface area contributed by atoms with Crippen LogP contribution in [0, 0.1) is 0 Å². The molecule has 0 bridgehead atoms. The molecule has 150 valence electrons. The van der Waals surface area contributed by atoms with Gasteiger partial charge in [-0.2, -0.15) is 39.5 Å². The number of carboxylic acid groups (broad SMARTS) is 3. The van der Waals surface area contributed by atoms with Crippen LogP contribution < -0.4 is 0 Å². The Kier molecular flexibility index (Phi) is 15.0. The van der Waals surface area contributed by atoms with E-state index in [1.54, 1.807) is 0 Å².